The lowest BCUT2D eigenvalue weighted by Crippen LogP contribution is -2.40. The molecule has 0 spiro atoms. The maximum Gasteiger partial charge on any atom is 0.325 e. The van der Waals surface area contributed by atoms with Gasteiger partial charge in [0, 0.05) is 43.1 Å². The maximum absolute atomic E-state index is 12.6. The third-order valence-corrected chi connectivity index (χ3v) is 5.17. The van der Waals surface area contributed by atoms with Gasteiger partial charge in [-0.2, -0.15) is 0 Å². The molecule has 0 unspecified atom stereocenters. The molecule has 4 rings (SSSR count). The van der Waals surface area contributed by atoms with Crippen molar-refractivity contribution in [3.63, 3.8) is 0 Å². The summed E-state index contributed by atoms with van der Waals surface area (Å²) in [5, 5.41) is 4.15. The summed E-state index contributed by atoms with van der Waals surface area (Å²) >= 11 is 0. The minimum atomic E-state index is -0.127. The van der Waals surface area contributed by atoms with E-state index in [4.69, 9.17) is 0 Å². The van der Waals surface area contributed by atoms with Crippen LogP contribution in [0.1, 0.15) is 5.69 Å². The summed E-state index contributed by atoms with van der Waals surface area (Å²) in [4.78, 5) is 28.2. The van der Waals surface area contributed by atoms with Crippen LogP contribution in [0.15, 0.2) is 60.7 Å². The van der Waals surface area contributed by atoms with E-state index in [1.54, 1.807) is 9.80 Å². The molecule has 3 aromatic rings. The number of aromatic nitrogens is 1. The van der Waals surface area contributed by atoms with Crippen LogP contribution in [-0.2, 0) is 11.3 Å². The third-order valence-electron chi connectivity index (χ3n) is 5.17. The van der Waals surface area contributed by atoms with Crippen LogP contribution in [0.3, 0.4) is 0 Å². The molecular weight excluding hydrogens is 352 g/mol. The summed E-state index contributed by atoms with van der Waals surface area (Å²) in [6.45, 7) is 4.56. The molecule has 1 aromatic heterocycles. The van der Waals surface area contributed by atoms with Gasteiger partial charge in [0.25, 0.3) is 0 Å². The van der Waals surface area contributed by atoms with Gasteiger partial charge in [0.05, 0.1) is 0 Å². The maximum atomic E-state index is 12.6. The van der Waals surface area contributed by atoms with Crippen LogP contribution in [0.2, 0.25) is 0 Å². The fourth-order valence-corrected chi connectivity index (χ4v) is 3.76. The molecule has 0 saturated carbocycles. The summed E-state index contributed by atoms with van der Waals surface area (Å²) in [6, 6.07) is 19.8. The predicted octanol–water partition coefficient (Wildman–Crippen LogP) is 3.01. The number of amides is 3. The van der Waals surface area contributed by atoms with Gasteiger partial charge < -0.3 is 14.8 Å². The molecule has 1 fully saturated rings. The molecular formula is C22H24N4O2. The van der Waals surface area contributed by atoms with Crippen molar-refractivity contribution in [2.75, 3.05) is 31.1 Å². The van der Waals surface area contributed by atoms with E-state index in [1.807, 2.05) is 42.5 Å². The molecule has 3 amide bonds. The Morgan fingerprint density at radius 2 is 1.79 bits per heavy atom. The highest BCUT2D eigenvalue weighted by Gasteiger charge is 2.30. The summed E-state index contributed by atoms with van der Waals surface area (Å²) in [5.74, 6) is -0.127. The zero-order valence-corrected chi connectivity index (χ0v) is 16.0. The van der Waals surface area contributed by atoms with Gasteiger partial charge in [-0.25, -0.2) is 4.79 Å². The standard InChI is InChI=1S/C22H24N4O2/c1-17-15-18-7-5-6-10-20(18)25(17)12-11-23-21(27)16-24-13-14-26(22(24)28)19-8-3-2-4-9-19/h2-10,15H,11-14,16H2,1H3,(H,23,27). The molecule has 0 atom stereocenters. The molecule has 0 aliphatic carbocycles. The van der Waals surface area contributed by atoms with E-state index in [1.165, 1.54) is 16.6 Å². The lowest BCUT2D eigenvalue weighted by molar-refractivity contribution is -0.121. The molecule has 2 aromatic carbocycles. The van der Waals surface area contributed by atoms with Crippen LogP contribution in [-0.4, -0.2) is 47.6 Å². The second-order valence-corrected chi connectivity index (χ2v) is 7.04. The number of nitrogens with zero attached hydrogens (tertiary/aromatic N) is 3. The number of urea groups is 1. The number of anilines is 1. The van der Waals surface area contributed by atoms with Gasteiger partial charge in [-0.1, -0.05) is 36.4 Å². The number of rotatable bonds is 6. The fourth-order valence-electron chi connectivity index (χ4n) is 3.76. The number of fused-ring (bicyclic) bond motifs is 1. The van der Waals surface area contributed by atoms with Crippen LogP contribution >= 0.6 is 0 Å². The van der Waals surface area contributed by atoms with Crippen LogP contribution in [0.5, 0.6) is 0 Å². The number of nitrogens with one attached hydrogen (secondary N) is 1. The Bertz CT molecular complexity index is 996. The zero-order chi connectivity index (χ0) is 19.5. The number of carbonyl (C=O) groups excluding carboxylic acids is 2. The van der Waals surface area contributed by atoms with Crippen molar-refractivity contribution in [1.82, 2.24) is 14.8 Å². The average Bonchev–Trinajstić information content (AvgIpc) is 3.22. The first kappa shape index (κ1) is 18.1. The third kappa shape index (κ3) is 3.58. The van der Waals surface area contributed by atoms with Crippen LogP contribution in [0.25, 0.3) is 10.9 Å². The van der Waals surface area contributed by atoms with Crippen LogP contribution in [0, 0.1) is 6.92 Å². The molecule has 1 saturated heterocycles. The van der Waals surface area contributed by atoms with E-state index in [9.17, 15) is 9.59 Å². The second-order valence-electron chi connectivity index (χ2n) is 7.04. The van der Waals surface area contributed by atoms with E-state index in [0.717, 1.165) is 5.69 Å². The number of benzene rings is 2. The number of hydrogen-bond donors (Lipinski definition) is 1. The van der Waals surface area contributed by atoms with Gasteiger partial charge in [0.1, 0.15) is 6.54 Å². The molecule has 0 bridgehead atoms. The van der Waals surface area contributed by atoms with E-state index in [2.05, 4.69) is 35.0 Å². The molecule has 6 heteroatoms. The first-order valence-corrected chi connectivity index (χ1v) is 9.56. The lowest BCUT2D eigenvalue weighted by Gasteiger charge is -2.18. The first-order valence-electron chi connectivity index (χ1n) is 9.56. The number of carbonyl (C=O) groups is 2. The zero-order valence-electron chi connectivity index (χ0n) is 16.0. The topological polar surface area (TPSA) is 57.6 Å². The highest BCUT2D eigenvalue weighted by atomic mass is 16.2. The monoisotopic (exact) mass is 376 g/mol. The predicted molar refractivity (Wildman–Crippen MR) is 110 cm³/mol. The Hall–Kier alpha value is -3.28. The average molecular weight is 376 g/mol. The molecule has 2 heterocycles. The Morgan fingerprint density at radius 3 is 2.61 bits per heavy atom. The highest BCUT2D eigenvalue weighted by Crippen LogP contribution is 2.20. The molecule has 144 valence electrons. The highest BCUT2D eigenvalue weighted by molar-refractivity contribution is 5.96. The van der Waals surface area contributed by atoms with Crippen LogP contribution < -0.4 is 10.2 Å². The molecule has 1 N–H and O–H groups in total. The molecule has 1 aliphatic heterocycles. The summed E-state index contributed by atoms with van der Waals surface area (Å²) < 4.78 is 2.20. The lowest BCUT2D eigenvalue weighted by atomic mass is 10.2. The molecule has 1 aliphatic rings. The summed E-state index contributed by atoms with van der Waals surface area (Å²) in [6.07, 6.45) is 0. The molecule has 0 radical (unpaired) electrons. The van der Waals surface area contributed by atoms with Crippen LogP contribution in [0.4, 0.5) is 10.5 Å². The SMILES string of the molecule is Cc1cc2ccccc2n1CCNC(=O)CN1CCN(c2ccccc2)C1=O. The van der Waals surface area contributed by atoms with Gasteiger partial charge >= 0.3 is 6.03 Å². The van der Waals surface area contributed by atoms with E-state index >= 15 is 0 Å². The van der Waals surface area contributed by atoms with Crippen molar-refractivity contribution in [1.29, 1.82) is 0 Å². The summed E-state index contributed by atoms with van der Waals surface area (Å²) in [5.41, 5.74) is 3.21. The molecule has 28 heavy (non-hydrogen) atoms. The van der Waals surface area contributed by atoms with Gasteiger partial charge in [-0.15, -0.1) is 0 Å². The smallest absolute Gasteiger partial charge is 0.325 e. The van der Waals surface area contributed by atoms with Gasteiger partial charge in [0.2, 0.25) is 5.91 Å². The van der Waals surface area contributed by atoms with Crippen molar-refractivity contribution in [2.45, 2.75) is 13.5 Å². The second kappa shape index (κ2) is 7.76. The number of para-hydroxylation sites is 2. The van der Waals surface area contributed by atoms with Crippen molar-refractivity contribution >= 4 is 28.5 Å². The quantitative estimate of drug-likeness (QED) is 0.719. The van der Waals surface area contributed by atoms with E-state index in [-0.39, 0.29) is 18.5 Å². The minimum absolute atomic E-state index is 0.0908. The van der Waals surface area contributed by atoms with Crippen molar-refractivity contribution in [3.8, 4) is 0 Å². The van der Waals surface area contributed by atoms with E-state index < -0.39 is 0 Å². The van der Waals surface area contributed by atoms with Gasteiger partial charge in [0.15, 0.2) is 0 Å². The van der Waals surface area contributed by atoms with Crippen molar-refractivity contribution in [3.05, 3.63) is 66.4 Å². The van der Waals surface area contributed by atoms with Crippen molar-refractivity contribution < 1.29 is 9.59 Å². The number of hydrogen-bond acceptors (Lipinski definition) is 2. The largest absolute Gasteiger partial charge is 0.353 e. The van der Waals surface area contributed by atoms with E-state index in [0.29, 0.717) is 26.2 Å². The fraction of sp³-hybridized carbons (Fsp3) is 0.273. The number of aryl methyl sites for hydroxylation is 1. The Kier molecular flexibility index (Phi) is 5.02. The summed E-state index contributed by atoms with van der Waals surface area (Å²) in [7, 11) is 0. The van der Waals surface area contributed by atoms with Crippen molar-refractivity contribution in [2.24, 2.45) is 0 Å². The minimum Gasteiger partial charge on any atom is -0.353 e. The van der Waals surface area contributed by atoms with Gasteiger partial charge in [-0.3, -0.25) is 9.69 Å². The normalized spacial score (nSPS) is 14.1. The van der Waals surface area contributed by atoms with Gasteiger partial charge in [-0.05, 0) is 36.6 Å². The Labute approximate surface area is 164 Å². The first-order chi connectivity index (χ1) is 13.6. The Balaban J connectivity index is 1.30. The molecule has 6 nitrogen and oxygen atoms in total. The Morgan fingerprint density at radius 1 is 1.04 bits per heavy atom.